The number of aliphatic carboxylic acids is 1. The second-order valence-corrected chi connectivity index (χ2v) is 16.2. The lowest BCUT2D eigenvalue weighted by molar-refractivity contribution is -0.154. The first-order chi connectivity index (χ1) is 27.7. The average molecular weight is 824 g/mol. The van der Waals surface area contributed by atoms with Crippen molar-refractivity contribution >= 4 is 19.8 Å². The first-order valence-electron chi connectivity index (χ1n) is 22.3. The van der Waals surface area contributed by atoms with Gasteiger partial charge in [0.2, 0.25) is 0 Å². The molecule has 57 heavy (non-hydrogen) atoms. The Labute approximate surface area is 347 Å². The second-order valence-electron chi connectivity index (χ2n) is 14.8. The summed E-state index contributed by atoms with van der Waals surface area (Å²) < 4.78 is 33.3. The number of carboxylic acid groups (broad SMARTS) is 1. The molecule has 0 aromatic carbocycles. The molecule has 0 aliphatic rings. The number of allylic oxidation sites excluding steroid dienone is 10. The zero-order valence-electron chi connectivity index (χ0n) is 35.9. The van der Waals surface area contributed by atoms with Crippen molar-refractivity contribution in [1.82, 2.24) is 0 Å². The number of hydrogen-bond donors (Lipinski definition) is 3. The van der Waals surface area contributed by atoms with E-state index in [1.165, 1.54) is 64.2 Å². The van der Waals surface area contributed by atoms with Gasteiger partial charge < -0.3 is 25.2 Å². The highest BCUT2D eigenvalue weighted by atomic mass is 31.2. The van der Waals surface area contributed by atoms with E-state index in [4.69, 9.17) is 29.4 Å². The molecule has 0 rings (SSSR count). The third-order valence-electron chi connectivity index (χ3n) is 9.28. The highest BCUT2D eigenvalue weighted by molar-refractivity contribution is 7.47. The van der Waals surface area contributed by atoms with Crippen LogP contribution in [-0.2, 0) is 32.7 Å². The number of carboxylic acids is 1. The maximum Gasteiger partial charge on any atom is 0.472 e. The van der Waals surface area contributed by atoms with Gasteiger partial charge in [0.25, 0.3) is 0 Å². The van der Waals surface area contributed by atoms with E-state index in [0.717, 1.165) is 89.9 Å². The lowest BCUT2D eigenvalue weighted by Gasteiger charge is -2.20. The van der Waals surface area contributed by atoms with E-state index in [-0.39, 0.29) is 13.0 Å². The van der Waals surface area contributed by atoms with Gasteiger partial charge in [-0.15, -0.1) is 0 Å². The number of unbranched alkanes of at least 4 members (excludes halogenated alkanes) is 18. The number of phosphoric ester groups is 1. The van der Waals surface area contributed by atoms with Crippen molar-refractivity contribution in [3.8, 4) is 0 Å². The number of hydrogen-bond acceptors (Lipinski definition) is 8. The number of carbonyl (C=O) groups excluding carboxylic acids is 1. The van der Waals surface area contributed by atoms with Crippen molar-refractivity contribution in [2.75, 3.05) is 26.4 Å². The highest BCUT2D eigenvalue weighted by Crippen LogP contribution is 2.43. The lowest BCUT2D eigenvalue weighted by atomic mass is 10.1. The molecular weight excluding hydrogens is 741 g/mol. The number of esters is 1. The minimum absolute atomic E-state index is 0.00736. The van der Waals surface area contributed by atoms with Crippen molar-refractivity contribution in [2.45, 2.75) is 193 Å². The lowest BCUT2D eigenvalue weighted by Crippen LogP contribution is -2.34. The smallest absolute Gasteiger partial charge is 0.472 e. The van der Waals surface area contributed by atoms with Crippen molar-refractivity contribution in [3.05, 3.63) is 60.8 Å². The van der Waals surface area contributed by atoms with Gasteiger partial charge in [-0.25, -0.2) is 4.57 Å². The summed E-state index contributed by atoms with van der Waals surface area (Å²) >= 11 is 0. The van der Waals surface area contributed by atoms with Crippen LogP contribution < -0.4 is 5.73 Å². The van der Waals surface area contributed by atoms with Crippen molar-refractivity contribution in [1.29, 1.82) is 0 Å². The van der Waals surface area contributed by atoms with Crippen LogP contribution in [0.2, 0.25) is 0 Å². The summed E-state index contributed by atoms with van der Waals surface area (Å²) in [5, 5.41) is 8.90. The fraction of sp³-hybridized carbons (Fsp3) is 0.739. The summed E-state index contributed by atoms with van der Waals surface area (Å²) in [6.45, 7) is 3.72. The molecule has 0 heterocycles. The van der Waals surface area contributed by atoms with Gasteiger partial charge in [0, 0.05) is 13.0 Å². The number of rotatable bonds is 42. The van der Waals surface area contributed by atoms with Crippen LogP contribution >= 0.6 is 7.82 Å². The second kappa shape index (κ2) is 41.8. The molecule has 4 N–H and O–H groups in total. The summed E-state index contributed by atoms with van der Waals surface area (Å²) in [6.07, 6.45) is 49.9. The number of carbonyl (C=O) groups is 2. The normalized spacial score (nSPS) is 14.5. The molecule has 330 valence electrons. The van der Waals surface area contributed by atoms with Gasteiger partial charge in [0.15, 0.2) is 0 Å². The van der Waals surface area contributed by atoms with Crippen LogP contribution in [0.25, 0.3) is 0 Å². The van der Waals surface area contributed by atoms with E-state index in [9.17, 15) is 19.0 Å². The Morgan fingerprint density at radius 3 is 1.54 bits per heavy atom. The van der Waals surface area contributed by atoms with Crippen LogP contribution in [0.3, 0.4) is 0 Å². The molecule has 0 radical (unpaired) electrons. The van der Waals surface area contributed by atoms with E-state index in [2.05, 4.69) is 74.6 Å². The van der Waals surface area contributed by atoms with Crippen LogP contribution in [0, 0.1) is 0 Å². The Hall–Kier alpha value is -2.33. The Morgan fingerprint density at radius 1 is 0.579 bits per heavy atom. The molecule has 10 nitrogen and oxygen atoms in total. The third kappa shape index (κ3) is 41.6. The van der Waals surface area contributed by atoms with E-state index >= 15 is 0 Å². The average Bonchev–Trinajstić information content (AvgIpc) is 3.19. The molecule has 3 atom stereocenters. The van der Waals surface area contributed by atoms with E-state index < -0.39 is 45.1 Å². The Morgan fingerprint density at radius 2 is 1.02 bits per heavy atom. The van der Waals surface area contributed by atoms with Crippen molar-refractivity contribution in [3.63, 3.8) is 0 Å². The van der Waals surface area contributed by atoms with Gasteiger partial charge in [-0.05, 0) is 77.0 Å². The summed E-state index contributed by atoms with van der Waals surface area (Å²) in [5.74, 6) is -1.79. The molecular formula is C46H82NO9P. The fourth-order valence-electron chi connectivity index (χ4n) is 5.82. The number of nitrogens with two attached hydrogens (primary N) is 1. The molecule has 0 bridgehead atoms. The van der Waals surface area contributed by atoms with Crippen molar-refractivity contribution < 1.29 is 42.7 Å². The SMILES string of the molecule is CC/C=C\C/C=C\C/C=C\C/C=C\CCCCCCCCCCCOCC(COP(=O)(O)OCC(N)C(=O)O)OC(=O)CCCCCCC/C=C\CCCCCC. The minimum atomic E-state index is -4.62. The van der Waals surface area contributed by atoms with Gasteiger partial charge in [0.1, 0.15) is 12.1 Å². The summed E-state index contributed by atoms with van der Waals surface area (Å²) in [4.78, 5) is 33.5. The molecule has 0 aromatic heterocycles. The Kier molecular flexibility index (Phi) is 40.1. The summed E-state index contributed by atoms with van der Waals surface area (Å²) in [5.41, 5.74) is 5.35. The van der Waals surface area contributed by atoms with Crippen molar-refractivity contribution in [2.24, 2.45) is 5.73 Å². The standard InChI is InChI=1S/C46H82NO9P/c1-3-5-7-9-11-13-15-17-18-19-20-21-22-23-24-25-27-29-31-33-35-37-39-53-40-43(41-54-57(51,52)55-42-44(47)46(49)50)56-45(48)38-36-34-32-30-28-26-16-14-12-10-8-6-4-2/h5,7,11,13-14,16-18,20-21,43-44H,3-4,6,8-10,12,15,19,22-42,47H2,1-2H3,(H,49,50)(H,51,52)/b7-5-,13-11-,16-14-,18-17-,21-20-. The van der Waals surface area contributed by atoms with Gasteiger partial charge in [-0.2, -0.15) is 0 Å². The quantitative estimate of drug-likeness (QED) is 0.0234. The first kappa shape index (κ1) is 54.7. The molecule has 0 aromatic rings. The first-order valence-corrected chi connectivity index (χ1v) is 23.8. The number of ether oxygens (including phenoxy) is 2. The minimum Gasteiger partial charge on any atom is -0.480 e. The van der Waals surface area contributed by atoms with Gasteiger partial charge in [-0.3, -0.25) is 18.6 Å². The zero-order chi connectivity index (χ0) is 41.9. The molecule has 0 aliphatic heterocycles. The van der Waals surface area contributed by atoms with Gasteiger partial charge >= 0.3 is 19.8 Å². The van der Waals surface area contributed by atoms with Crippen LogP contribution in [-0.4, -0.2) is 60.5 Å². The molecule has 0 fully saturated rings. The Balaban J connectivity index is 4.20. The topological polar surface area (TPSA) is 155 Å². The predicted molar refractivity (Wildman–Crippen MR) is 235 cm³/mol. The van der Waals surface area contributed by atoms with Crippen LogP contribution in [0.15, 0.2) is 60.8 Å². The predicted octanol–water partition coefficient (Wildman–Crippen LogP) is 12.4. The van der Waals surface area contributed by atoms with Crippen LogP contribution in [0.4, 0.5) is 0 Å². The molecule has 0 saturated heterocycles. The summed E-state index contributed by atoms with van der Waals surface area (Å²) in [6, 6.07) is -1.48. The third-order valence-corrected chi connectivity index (χ3v) is 10.2. The molecule has 0 saturated carbocycles. The van der Waals surface area contributed by atoms with E-state index in [1.807, 2.05) is 0 Å². The summed E-state index contributed by atoms with van der Waals surface area (Å²) in [7, 11) is -4.62. The van der Waals surface area contributed by atoms with E-state index in [1.54, 1.807) is 0 Å². The van der Waals surface area contributed by atoms with Gasteiger partial charge in [-0.1, -0.05) is 158 Å². The van der Waals surface area contributed by atoms with Crippen LogP contribution in [0.1, 0.15) is 181 Å². The fourth-order valence-corrected chi connectivity index (χ4v) is 6.60. The molecule has 0 spiro atoms. The van der Waals surface area contributed by atoms with Gasteiger partial charge in [0.05, 0.1) is 19.8 Å². The zero-order valence-corrected chi connectivity index (χ0v) is 36.8. The molecule has 0 amide bonds. The monoisotopic (exact) mass is 824 g/mol. The maximum absolute atomic E-state index is 12.6. The molecule has 11 heteroatoms. The van der Waals surface area contributed by atoms with Crippen LogP contribution in [0.5, 0.6) is 0 Å². The number of phosphoric acid groups is 1. The molecule has 3 unspecified atom stereocenters. The largest absolute Gasteiger partial charge is 0.480 e. The Bertz CT molecular complexity index is 1140. The maximum atomic E-state index is 12.6. The highest BCUT2D eigenvalue weighted by Gasteiger charge is 2.27. The van der Waals surface area contributed by atoms with E-state index in [0.29, 0.717) is 13.0 Å². The molecule has 0 aliphatic carbocycles.